The number of carbonyl (C=O) groups is 1. The number of aliphatic hydroxyl groups excluding tert-OH is 2. The molecule has 1 atom stereocenters. The van der Waals surface area contributed by atoms with Crippen molar-refractivity contribution in [3.8, 4) is 0 Å². The van der Waals surface area contributed by atoms with Crippen molar-refractivity contribution in [1.29, 1.82) is 0 Å². The lowest BCUT2D eigenvalue weighted by molar-refractivity contribution is -0.142. The van der Waals surface area contributed by atoms with Gasteiger partial charge in [-0.25, -0.2) is 0 Å². The third-order valence-electron chi connectivity index (χ3n) is 1.83. The highest BCUT2D eigenvalue weighted by Crippen LogP contribution is 2.26. The van der Waals surface area contributed by atoms with E-state index in [0.29, 0.717) is 19.3 Å². The molecule has 0 radical (unpaired) electrons. The SMILES string of the molecule is O=C(O)C1CCCC(O)=C1O. The summed E-state index contributed by atoms with van der Waals surface area (Å²) in [4.78, 5) is 10.4. The maximum atomic E-state index is 10.4. The normalized spacial score (nSPS) is 25.3. The van der Waals surface area contributed by atoms with Crippen LogP contribution in [0.3, 0.4) is 0 Å². The van der Waals surface area contributed by atoms with Crippen molar-refractivity contribution in [2.45, 2.75) is 19.3 Å². The van der Waals surface area contributed by atoms with E-state index >= 15 is 0 Å². The van der Waals surface area contributed by atoms with Crippen LogP contribution in [0.2, 0.25) is 0 Å². The second kappa shape index (κ2) is 2.82. The van der Waals surface area contributed by atoms with Crippen molar-refractivity contribution in [2.75, 3.05) is 0 Å². The van der Waals surface area contributed by atoms with Gasteiger partial charge in [-0.2, -0.15) is 0 Å². The first-order valence-corrected chi connectivity index (χ1v) is 3.46. The third kappa shape index (κ3) is 1.45. The molecule has 1 rings (SSSR count). The summed E-state index contributed by atoms with van der Waals surface area (Å²) in [7, 11) is 0. The molecule has 1 aliphatic carbocycles. The Kier molecular flexibility index (Phi) is 2.03. The largest absolute Gasteiger partial charge is 0.509 e. The van der Waals surface area contributed by atoms with Crippen LogP contribution in [0.5, 0.6) is 0 Å². The number of carboxylic acid groups (broad SMARTS) is 1. The molecule has 1 unspecified atom stereocenters. The van der Waals surface area contributed by atoms with Gasteiger partial charge >= 0.3 is 5.97 Å². The molecule has 1 aliphatic rings. The highest BCUT2D eigenvalue weighted by Gasteiger charge is 2.28. The first kappa shape index (κ1) is 7.91. The summed E-state index contributed by atoms with van der Waals surface area (Å²) >= 11 is 0. The zero-order chi connectivity index (χ0) is 8.43. The van der Waals surface area contributed by atoms with Crippen LogP contribution in [0.1, 0.15) is 19.3 Å². The highest BCUT2D eigenvalue weighted by atomic mass is 16.4. The van der Waals surface area contributed by atoms with E-state index in [-0.39, 0.29) is 11.5 Å². The summed E-state index contributed by atoms with van der Waals surface area (Å²) in [6, 6.07) is 0. The molecule has 4 heteroatoms. The van der Waals surface area contributed by atoms with Gasteiger partial charge in [-0.3, -0.25) is 4.79 Å². The second-order valence-corrected chi connectivity index (χ2v) is 2.61. The molecule has 0 fully saturated rings. The van der Waals surface area contributed by atoms with E-state index in [1.54, 1.807) is 0 Å². The van der Waals surface area contributed by atoms with Crippen molar-refractivity contribution < 1.29 is 20.1 Å². The Morgan fingerprint density at radius 2 is 2.09 bits per heavy atom. The molecule has 4 nitrogen and oxygen atoms in total. The van der Waals surface area contributed by atoms with Gasteiger partial charge in [-0.05, 0) is 12.8 Å². The number of hydrogen-bond acceptors (Lipinski definition) is 3. The number of carboxylic acids is 1. The van der Waals surface area contributed by atoms with Gasteiger partial charge in [0, 0.05) is 6.42 Å². The summed E-state index contributed by atoms with van der Waals surface area (Å²) in [5.74, 6) is -2.52. The fraction of sp³-hybridized carbons (Fsp3) is 0.571. The van der Waals surface area contributed by atoms with Crippen LogP contribution >= 0.6 is 0 Å². The molecule has 0 amide bonds. The van der Waals surface area contributed by atoms with Gasteiger partial charge in [-0.15, -0.1) is 0 Å². The van der Waals surface area contributed by atoms with Gasteiger partial charge in [0.2, 0.25) is 0 Å². The first-order chi connectivity index (χ1) is 5.13. The van der Waals surface area contributed by atoms with Crippen LogP contribution in [0.15, 0.2) is 11.5 Å². The summed E-state index contributed by atoms with van der Waals surface area (Å²) in [5, 5.41) is 26.5. The lowest BCUT2D eigenvalue weighted by Crippen LogP contribution is -2.20. The van der Waals surface area contributed by atoms with Gasteiger partial charge in [0.25, 0.3) is 0 Å². The topological polar surface area (TPSA) is 77.8 Å². The summed E-state index contributed by atoms with van der Waals surface area (Å²) in [5.41, 5.74) is 0. The molecule has 11 heavy (non-hydrogen) atoms. The van der Waals surface area contributed by atoms with E-state index in [2.05, 4.69) is 0 Å². The Balaban J connectivity index is 2.82. The molecule has 0 aromatic carbocycles. The molecule has 0 bridgehead atoms. The monoisotopic (exact) mass is 158 g/mol. The van der Waals surface area contributed by atoms with Gasteiger partial charge in [0.05, 0.1) is 0 Å². The predicted octanol–water partition coefficient (Wildman–Crippen LogP) is 1.20. The van der Waals surface area contributed by atoms with Gasteiger partial charge in [-0.1, -0.05) is 0 Å². The van der Waals surface area contributed by atoms with E-state index < -0.39 is 11.9 Å². The maximum Gasteiger partial charge on any atom is 0.314 e. The highest BCUT2D eigenvalue weighted by molar-refractivity contribution is 5.73. The number of aliphatic carboxylic acids is 1. The van der Waals surface area contributed by atoms with Crippen LogP contribution in [0.4, 0.5) is 0 Å². The smallest absolute Gasteiger partial charge is 0.314 e. The number of aliphatic hydroxyl groups is 2. The minimum atomic E-state index is -1.08. The molecule has 0 spiro atoms. The molecular weight excluding hydrogens is 148 g/mol. The van der Waals surface area contributed by atoms with Gasteiger partial charge in [0.15, 0.2) is 0 Å². The summed E-state index contributed by atoms with van der Waals surface area (Å²) < 4.78 is 0. The van der Waals surface area contributed by atoms with Crippen molar-refractivity contribution in [3.05, 3.63) is 11.5 Å². The molecule has 0 heterocycles. The van der Waals surface area contributed by atoms with Crippen molar-refractivity contribution in [2.24, 2.45) is 5.92 Å². The molecule has 0 aliphatic heterocycles. The van der Waals surface area contributed by atoms with Crippen molar-refractivity contribution >= 4 is 5.97 Å². The molecule has 0 saturated carbocycles. The van der Waals surface area contributed by atoms with Crippen LogP contribution in [-0.4, -0.2) is 21.3 Å². The minimum Gasteiger partial charge on any atom is -0.509 e. The zero-order valence-electron chi connectivity index (χ0n) is 5.95. The third-order valence-corrected chi connectivity index (χ3v) is 1.83. The van der Waals surface area contributed by atoms with E-state index in [1.807, 2.05) is 0 Å². The summed E-state index contributed by atoms with van der Waals surface area (Å²) in [6.45, 7) is 0. The standard InChI is InChI=1S/C7H10O4/c8-5-3-1-2-4(6(5)9)7(10)11/h4,8-9H,1-3H2,(H,10,11). The second-order valence-electron chi connectivity index (χ2n) is 2.61. The Morgan fingerprint density at radius 3 is 2.55 bits per heavy atom. The van der Waals surface area contributed by atoms with Gasteiger partial charge < -0.3 is 15.3 Å². The first-order valence-electron chi connectivity index (χ1n) is 3.46. The number of hydrogen-bond donors (Lipinski definition) is 3. The van der Waals surface area contributed by atoms with E-state index in [9.17, 15) is 4.79 Å². The van der Waals surface area contributed by atoms with E-state index in [4.69, 9.17) is 15.3 Å². The van der Waals surface area contributed by atoms with Crippen molar-refractivity contribution in [1.82, 2.24) is 0 Å². The van der Waals surface area contributed by atoms with Crippen LogP contribution in [-0.2, 0) is 4.79 Å². The molecule has 0 aromatic rings. The number of rotatable bonds is 1. The zero-order valence-corrected chi connectivity index (χ0v) is 5.95. The minimum absolute atomic E-state index is 0.177. The predicted molar refractivity (Wildman–Crippen MR) is 37.3 cm³/mol. The quantitative estimate of drug-likeness (QED) is 0.535. The molecule has 3 N–H and O–H groups in total. The average molecular weight is 158 g/mol. The Morgan fingerprint density at radius 1 is 1.45 bits per heavy atom. The van der Waals surface area contributed by atoms with Crippen molar-refractivity contribution in [3.63, 3.8) is 0 Å². The molecule has 0 saturated heterocycles. The Labute approximate surface area is 63.8 Å². The molecular formula is C7H10O4. The van der Waals surface area contributed by atoms with Gasteiger partial charge in [0.1, 0.15) is 17.4 Å². The number of allylic oxidation sites excluding steroid dienone is 1. The molecule has 62 valence electrons. The Bertz CT molecular complexity index is 206. The van der Waals surface area contributed by atoms with Crippen LogP contribution in [0.25, 0.3) is 0 Å². The maximum absolute atomic E-state index is 10.4. The van der Waals surface area contributed by atoms with E-state index in [0.717, 1.165) is 0 Å². The lowest BCUT2D eigenvalue weighted by Gasteiger charge is -2.17. The lowest BCUT2D eigenvalue weighted by atomic mass is 9.93. The average Bonchev–Trinajstić information content (AvgIpc) is 1.94. The summed E-state index contributed by atoms with van der Waals surface area (Å²) in [6.07, 6.45) is 1.41. The molecule has 0 aromatic heterocycles. The fourth-order valence-electron chi connectivity index (χ4n) is 1.18. The van der Waals surface area contributed by atoms with Crippen LogP contribution in [0, 0.1) is 5.92 Å². The van der Waals surface area contributed by atoms with Crippen LogP contribution < -0.4 is 0 Å². The fourth-order valence-corrected chi connectivity index (χ4v) is 1.18. The van der Waals surface area contributed by atoms with E-state index in [1.165, 1.54) is 0 Å². The Hall–Kier alpha value is -1.19.